The molecular weight excluding hydrogens is 216 g/mol. The van der Waals surface area contributed by atoms with Crippen LogP contribution in [0.2, 0.25) is 0 Å². The van der Waals surface area contributed by atoms with Gasteiger partial charge in [0.1, 0.15) is 0 Å². The summed E-state index contributed by atoms with van der Waals surface area (Å²) in [6.07, 6.45) is 1.40. The summed E-state index contributed by atoms with van der Waals surface area (Å²) >= 11 is 0. The third kappa shape index (κ3) is 1.36. The molecule has 16 heavy (non-hydrogen) atoms. The fourth-order valence-electron chi connectivity index (χ4n) is 1.65. The number of carbonyl (C=O) groups excluding carboxylic acids is 1. The second-order valence-corrected chi connectivity index (χ2v) is 3.34. The molecule has 0 amide bonds. The van der Waals surface area contributed by atoms with Gasteiger partial charge >= 0.3 is 0 Å². The van der Waals surface area contributed by atoms with Crippen LogP contribution >= 0.6 is 0 Å². The summed E-state index contributed by atoms with van der Waals surface area (Å²) in [5, 5.41) is 0.161. The summed E-state index contributed by atoms with van der Waals surface area (Å²) in [7, 11) is 1.19. The molecule has 0 aliphatic carbocycles. The van der Waals surface area contributed by atoms with Crippen molar-refractivity contribution in [1.82, 2.24) is 4.57 Å². The molecule has 0 atom stereocenters. The highest BCUT2D eigenvalue weighted by molar-refractivity contribution is 5.92. The fraction of sp³-hybridized carbons (Fsp3) is 0.182. The van der Waals surface area contributed by atoms with Gasteiger partial charge in [0.25, 0.3) is 0 Å². The summed E-state index contributed by atoms with van der Waals surface area (Å²) in [6.45, 7) is 1.32. The van der Waals surface area contributed by atoms with E-state index < -0.39 is 17.4 Å². The van der Waals surface area contributed by atoms with Gasteiger partial charge in [-0.2, -0.15) is 0 Å². The SMILES string of the molecule is COc1c(F)cc2c(ccn2C(C)=O)c1F. The first-order chi connectivity index (χ1) is 7.56. The van der Waals surface area contributed by atoms with Gasteiger partial charge in [0.2, 0.25) is 5.91 Å². The number of ether oxygens (including phenoxy) is 1. The Hall–Kier alpha value is -1.91. The zero-order valence-corrected chi connectivity index (χ0v) is 8.75. The van der Waals surface area contributed by atoms with Crippen molar-refractivity contribution in [2.75, 3.05) is 7.11 Å². The van der Waals surface area contributed by atoms with Crippen LogP contribution in [0.5, 0.6) is 5.75 Å². The number of hydrogen-bond acceptors (Lipinski definition) is 2. The van der Waals surface area contributed by atoms with E-state index in [9.17, 15) is 13.6 Å². The molecule has 0 radical (unpaired) electrons. The molecule has 1 aromatic heterocycles. The molecular formula is C11H9F2NO2. The highest BCUT2D eigenvalue weighted by atomic mass is 19.1. The summed E-state index contributed by atoms with van der Waals surface area (Å²) in [6, 6.07) is 2.49. The van der Waals surface area contributed by atoms with Crippen LogP contribution in [-0.4, -0.2) is 17.6 Å². The average molecular weight is 225 g/mol. The van der Waals surface area contributed by atoms with Crippen molar-refractivity contribution in [3.8, 4) is 5.75 Å². The Morgan fingerprint density at radius 1 is 1.44 bits per heavy atom. The molecule has 0 aliphatic rings. The third-order valence-corrected chi connectivity index (χ3v) is 2.39. The van der Waals surface area contributed by atoms with Gasteiger partial charge in [0, 0.05) is 24.6 Å². The fourth-order valence-corrected chi connectivity index (χ4v) is 1.65. The van der Waals surface area contributed by atoms with E-state index in [0.29, 0.717) is 0 Å². The molecule has 2 aromatic rings. The van der Waals surface area contributed by atoms with E-state index in [4.69, 9.17) is 0 Å². The highest BCUT2D eigenvalue weighted by Gasteiger charge is 2.17. The molecule has 0 fully saturated rings. The lowest BCUT2D eigenvalue weighted by Crippen LogP contribution is -2.04. The molecule has 0 saturated heterocycles. The first kappa shape index (κ1) is 10.6. The van der Waals surface area contributed by atoms with Crippen LogP contribution in [0.3, 0.4) is 0 Å². The molecule has 1 heterocycles. The van der Waals surface area contributed by atoms with Crippen LogP contribution in [-0.2, 0) is 0 Å². The monoisotopic (exact) mass is 225 g/mol. The first-order valence-electron chi connectivity index (χ1n) is 4.60. The number of fused-ring (bicyclic) bond motifs is 1. The minimum atomic E-state index is -0.825. The largest absolute Gasteiger partial charge is 0.491 e. The van der Waals surface area contributed by atoms with Gasteiger partial charge in [-0.15, -0.1) is 0 Å². The topological polar surface area (TPSA) is 31.2 Å². The zero-order chi connectivity index (χ0) is 11.9. The normalized spacial score (nSPS) is 10.8. The van der Waals surface area contributed by atoms with E-state index in [1.54, 1.807) is 0 Å². The van der Waals surface area contributed by atoms with Crippen molar-refractivity contribution in [3.63, 3.8) is 0 Å². The number of methoxy groups -OCH3 is 1. The average Bonchev–Trinajstić information content (AvgIpc) is 2.62. The second kappa shape index (κ2) is 3.59. The van der Waals surface area contributed by atoms with Crippen molar-refractivity contribution in [2.45, 2.75) is 6.92 Å². The standard InChI is InChI=1S/C11H9F2NO2/c1-6(15)14-4-3-7-9(14)5-8(12)11(16-2)10(7)13/h3-5H,1-2H3. The maximum atomic E-state index is 13.7. The van der Waals surface area contributed by atoms with E-state index >= 15 is 0 Å². The van der Waals surface area contributed by atoms with Crippen LogP contribution in [0.15, 0.2) is 18.3 Å². The van der Waals surface area contributed by atoms with E-state index in [-0.39, 0.29) is 16.8 Å². The lowest BCUT2D eigenvalue weighted by atomic mass is 10.2. The number of halogens is 2. The summed E-state index contributed by atoms with van der Waals surface area (Å²) in [5.41, 5.74) is 0.198. The van der Waals surface area contributed by atoms with Gasteiger partial charge in [0.05, 0.1) is 12.6 Å². The summed E-state index contributed by atoms with van der Waals surface area (Å²) in [5.74, 6) is -2.36. The van der Waals surface area contributed by atoms with Gasteiger partial charge in [-0.25, -0.2) is 8.78 Å². The van der Waals surface area contributed by atoms with Crippen molar-refractivity contribution in [2.24, 2.45) is 0 Å². The Morgan fingerprint density at radius 2 is 2.12 bits per heavy atom. The molecule has 0 spiro atoms. The van der Waals surface area contributed by atoms with E-state index in [0.717, 1.165) is 6.07 Å². The van der Waals surface area contributed by atoms with Crippen molar-refractivity contribution in [1.29, 1.82) is 0 Å². The molecule has 0 unspecified atom stereocenters. The third-order valence-electron chi connectivity index (χ3n) is 2.39. The van der Waals surface area contributed by atoms with Crippen LogP contribution in [0.1, 0.15) is 11.7 Å². The van der Waals surface area contributed by atoms with Crippen molar-refractivity contribution < 1.29 is 18.3 Å². The van der Waals surface area contributed by atoms with Crippen LogP contribution in [0.25, 0.3) is 10.9 Å². The van der Waals surface area contributed by atoms with Gasteiger partial charge in [0.15, 0.2) is 17.4 Å². The molecule has 5 heteroatoms. The van der Waals surface area contributed by atoms with Crippen LogP contribution in [0.4, 0.5) is 8.78 Å². The maximum absolute atomic E-state index is 13.7. The second-order valence-electron chi connectivity index (χ2n) is 3.34. The maximum Gasteiger partial charge on any atom is 0.227 e. The minimum Gasteiger partial charge on any atom is -0.491 e. The van der Waals surface area contributed by atoms with Gasteiger partial charge < -0.3 is 4.74 Å². The van der Waals surface area contributed by atoms with Crippen LogP contribution < -0.4 is 4.74 Å². The number of nitrogens with zero attached hydrogens (tertiary/aromatic N) is 1. The smallest absolute Gasteiger partial charge is 0.227 e. The highest BCUT2D eigenvalue weighted by Crippen LogP contribution is 2.30. The quantitative estimate of drug-likeness (QED) is 0.746. The lowest BCUT2D eigenvalue weighted by molar-refractivity contribution is 0.0941. The van der Waals surface area contributed by atoms with E-state index in [2.05, 4.69) is 4.74 Å². The van der Waals surface area contributed by atoms with E-state index in [1.165, 1.54) is 30.9 Å². The van der Waals surface area contributed by atoms with Crippen LogP contribution in [0, 0.1) is 11.6 Å². The molecule has 84 valence electrons. The molecule has 3 nitrogen and oxygen atoms in total. The Bertz CT molecular complexity index is 575. The molecule has 0 N–H and O–H groups in total. The Kier molecular flexibility index (Phi) is 2.38. The van der Waals surface area contributed by atoms with Crippen molar-refractivity contribution in [3.05, 3.63) is 30.0 Å². The molecule has 0 aliphatic heterocycles. The number of benzene rings is 1. The molecule has 0 saturated carbocycles. The predicted octanol–water partition coefficient (Wildman–Crippen LogP) is 2.59. The number of hydrogen-bond donors (Lipinski definition) is 0. The number of aromatic nitrogens is 1. The minimum absolute atomic E-state index is 0.161. The molecule has 2 rings (SSSR count). The summed E-state index contributed by atoms with van der Waals surface area (Å²) < 4.78 is 32.9. The predicted molar refractivity (Wildman–Crippen MR) is 54.7 cm³/mol. The Balaban J connectivity index is 2.84. The van der Waals surface area contributed by atoms with Crippen molar-refractivity contribution >= 4 is 16.8 Å². The summed E-state index contributed by atoms with van der Waals surface area (Å²) in [4.78, 5) is 11.2. The van der Waals surface area contributed by atoms with E-state index in [1.807, 2.05) is 0 Å². The number of rotatable bonds is 1. The van der Waals surface area contributed by atoms with Gasteiger partial charge in [-0.1, -0.05) is 0 Å². The zero-order valence-electron chi connectivity index (χ0n) is 8.75. The number of carbonyl (C=O) groups is 1. The lowest BCUT2D eigenvalue weighted by Gasteiger charge is -2.05. The first-order valence-corrected chi connectivity index (χ1v) is 4.60. The Labute approximate surface area is 90.2 Å². The molecule has 1 aromatic carbocycles. The Morgan fingerprint density at radius 3 is 2.69 bits per heavy atom. The van der Waals surface area contributed by atoms with Gasteiger partial charge in [-0.3, -0.25) is 9.36 Å². The van der Waals surface area contributed by atoms with Gasteiger partial charge in [-0.05, 0) is 6.07 Å². The molecule has 0 bridgehead atoms.